The molecule has 4 aromatic rings. The second-order valence-electron chi connectivity index (χ2n) is 5.81. The Balaban J connectivity index is 1.77. The molecule has 0 aliphatic heterocycles. The van der Waals surface area contributed by atoms with Crippen LogP contribution >= 0.6 is 0 Å². The molecule has 3 aromatic heterocycles. The Morgan fingerprint density at radius 1 is 1.04 bits per heavy atom. The average molecular weight is 328 g/mol. The first-order valence-electron chi connectivity index (χ1n) is 7.97. The number of fused-ring (bicyclic) bond motifs is 1. The Hall–Kier alpha value is -3.47. The largest absolute Gasteiger partial charge is 0.273 e. The predicted octanol–water partition coefficient (Wildman–Crippen LogP) is 3.36. The summed E-state index contributed by atoms with van der Waals surface area (Å²) < 4.78 is 3.38. The molecule has 0 saturated carbocycles. The molecule has 1 aromatic carbocycles. The molecule has 122 valence electrons. The molecule has 5 nitrogen and oxygen atoms in total. The highest BCUT2D eigenvalue weighted by Crippen LogP contribution is 2.12. The molecule has 0 amide bonds. The van der Waals surface area contributed by atoms with Gasteiger partial charge in [-0.05, 0) is 42.3 Å². The highest BCUT2D eigenvalue weighted by atomic mass is 16.1. The maximum Gasteiger partial charge on any atom is 0.273 e. The van der Waals surface area contributed by atoms with Crippen molar-refractivity contribution in [2.75, 3.05) is 0 Å². The lowest BCUT2D eigenvalue weighted by atomic mass is 10.2. The zero-order chi connectivity index (χ0) is 17.2. The van der Waals surface area contributed by atoms with Crippen LogP contribution in [-0.2, 0) is 0 Å². The first-order chi connectivity index (χ1) is 12.2. The van der Waals surface area contributed by atoms with Gasteiger partial charge in [-0.15, -0.1) is 0 Å². The molecule has 0 radical (unpaired) electrons. The van der Waals surface area contributed by atoms with E-state index in [9.17, 15) is 4.79 Å². The van der Waals surface area contributed by atoms with Crippen molar-refractivity contribution in [3.05, 3.63) is 94.3 Å². The van der Waals surface area contributed by atoms with Crippen LogP contribution in [0.25, 0.3) is 23.5 Å². The Morgan fingerprint density at radius 3 is 2.76 bits per heavy atom. The molecular weight excluding hydrogens is 312 g/mol. The average Bonchev–Trinajstić information content (AvgIpc) is 3.05. The molecular formula is C20H16N4O. The SMILES string of the molecule is Cc1cccc(-n2ccc3nc(/C=C/c4cccnc4)cc(=O)n32)c1. The van der Waals surface area contributed by atoms with Crippen molar-refractivity contribution >= 4 is 17.8 Å². The van der Waals surface area contributed by atoms with E-state index in [-0.39, 0.29) is 5.56 Å². The van der Waals surface area contributed by atoms with Gasteiger partial charge in [-0.3, -0.25) is 14.5 Å². The van der Waals surface area contributed by atoms with E-state index in [1.165, 1.54) is 6.07 Å². The molecule has 5 heteroatoms. The highest BCUT2D eigenvalue weighted by Gasteiger charge is 2.07. The number of hydrogen-bond donors (Lipinski definition) is 0. The summed E-state index contributed by atoms with van der Waals surface area (Å²) in [5, 5.41) is 0. The number of aromatic nitrogens is 4. The van der Waals surface area contributed by atoms with Gasteiger partial charge in [0, 0.05) is 30.7 Å². The van der Waals surface area contributed by atoms with E-state index < -0.39 is 0 Å². The second kappa shape index (κ2) is 6.20. The van der Waals surface area contributed by atoms with Gasteiger partial charge in [0.05, 0.1) is 11.4 Å². The summed E-state index contributed by atoms with van der Waals surface area (Å²) in [6.45, 7) is 2.03. The summed E-state index contributed by atoms with van der Waals surface area (Å²) in [5.41, 5.74) is 4.13. The van der Waals surface area contributed by atoms with Crippen molar-refractivity contribution in [2.24, 2.45) is 0 Å². The summed E-state index contributed by atoms with van der Waals surface area (Å²) >= 11 is 0. The fourth-order valence-corrected chi connectivity index (χ4v) is 2.75. The summed E-state index contributed by atoms with van der Waals surface area (Å²) in [5.74, 6) is 0. The first-order valence-corrected chi connectivity index (χ1v) is 7.97. The molecule has 0 aliphatic rings. The number of nitrogens with zero attached hydrogens (tertiary/aromatic N) is 4. The van der Waals surface area contributed by atoms with Gasteiger partial charge in [0.1, 0.15) is 0 Å². The summed E-state index contributed by atoms with van der Waals surface area (Å²) in [7, 11) is 0. The molecule has 0 saturated heterocycles. The molecule has 25 heavy (non-hydrogen) atoms. The van der Waals surface area contributed by atoms with Crippen molar-refractivity contribution in [2.45, 2.75) is 6.92 Å². The lowest BCUT2D eigenvalue weighted by Gasteiger charge is -2.07. The van der Waals surface area contributed by atoms with Crippen LogP contribution in [0.3, 0.4) is 0 Å². The molecule has 0 atom stereocenters. The van der Waals surface area contributed by atoms with Gasteiger partial charge >= 0.3 is 0 Å². The van der Waals surface area contributed by atoms with Gasteiger partial charge in [-0.2, -0.15) is 4.52 Å². The Kier molecular flexibility index (Phi) is 3.74. The van der Waals surface area contributed by atoms with Crippen molar-refractivity contribution < 1.29 is 0 Å². The van der Waals surface area contributed by atoms with E-state index in [4.69, 9.17) is 0 Å². The van der Waals surface area contributed by atoms with E-state index >= 15 is 0 Å². The summed E-state index contributed by atoms with van der Waals surface area (Å²) in [6.07, 6.45) is 9.05. The van der Waals surface area contributed by atoms with Crippen molar-refractivity contribution in [3.8, 4) is 5.69 Å². The topological polar surface area (TPSA) is 52.2 Å². The predicted molar refractivity (Wildman–Crippen MR) is 98.7 cm³/mol. The number of rotatable bonds is 3. The Bertz CT molecular complexity index is 1120. The smallest absolute Gasteiger partial charge is 0.267 e. The summed E-state index contributed by atoms with van der Waals surface area (Å²) in [4.78, 5) is 21.2. The van der Waals surface area contributed by atoms with E-state index in [0.29, 0.717) is 11.3 Å². The van der Waals surface area contributed by atoms with Crippen LogP contribution in [0.4, 0.5) is 0 Å². The number of pyridine rings is 1. The molecule has 3 heterocycles. The zero-order valence-electron chi connectivity index (χ0n) is 13.7. The number of benzene rings is 1. The van der Waals surface area contributed by atoms with Crippen molar-refractivity contribution in [3.63, 3.8) is 0 Å². The van der Waals surface area contributed by atoms with Gasteiger partial charge in [0.2, 0.25) is 0 Å². The van der Waals surface area contributed by atoms with Gasteiger partial charge < -0.3 is 0 Å². The molecule has 0 fully saturated rings. The highest BCUT2D eigenvalue weighted by molar-refractivity contribution is 5.68. The molecule has 4 rings (SSSR count). The van der Waals surface area contributed by atoms with Crippen LogP contribution < -0.4 is 5.56 Å². The van der Waals surface area contributed by atoms with Crippen molar-refractivity contribution in [1.82, 2.24) is 19.2 Å². The Morgan fingerprint density at radius 2 is 1.96 bits per heavy atom. The van der Waals surface area contributed by atoms with E-state index in [0.717, 1.165) is 16.8 Å². The van der Waals surface area contributed by atoms with Crippen LogP contribution in [0, 0.1) is 6.92 Å². The van der Waals surface area contributed by atoms with E-state index in [2.05, 4.69) is 9.97 Å². The lowest BCUT2D eigenvalue weighted by Crippen LogP contribution is -2.20. The minimum atomic E-state index is -0.123. The lowest BCUT2D eigenvalue weighted by molar-refractivity contribution is 0.762. The van der Waals surface area contributed by atoms with Gasteiger partial charge in [0.25, 0.3) is 5.56 Å². The third-order valence-corrected chi connectivity index (χ3v) is 3.92. The monoisotopic (exact) mass is 328 g/mol. The van der Waals surface area contributed by atoms with E-state index in [1.807, 2.05) is 72.4 Å². The van der Waals surface area contributed by atoms with Crippen LogP contribution in [-0.4, -0.2) is 19.2 Å². The minimum absolute atomic E-state index is 0.123. The molecule has 0 bridgehead atoms. The minimum Gasteiger partial charge on any atom is -0.267 e. The Labute approximate surface area is 144 Å². The zero-order valence-corrected chi connectivity index (χ0v) is 13.7. The van der Waals surface area contributed by atoms with Gasteiger partial charge in [-0.1, -0.05) is 24.3 Å². The third kappa shape index (κ3) is 2.99. The fourth-order valence-electron chi connectivity index (χ4n) is 2.75. The molecule has 0 spiro atoms. The summed E-state index contributed by atoms with van der Waals surface area (Å²) in [6, 6.07) is 15.2. The second-order valence-corrected chi connectivity index (χ2v) is 5.81. The quantitative estimate of drug-likeness (QED) is 0.579. The van der Waals surface area contributed by atoms with Crippen LogP contribution in [0.2, 0.25) is 0 Å². The van der Waals surface area contributed by atoms with Gasteiger partial charge in [0.15, 0.2) is 5.65 Å². The standard InChI is InChI=1S/C20H16N4O/c1-15-4-2-6-18(12-15)23-11-9-19-22-17(13-20(25)24(19)23)8-7-16-5-3-10-21-14-16/h2-14H,1H3/b8-7+. The van der Waals surface area contributed by atoms with Gasteiger partial charge in [-0.25, -0.2) is 4.98 Å². The number of hydrogen-bond acceptors (Lipinski definition) is 3. The van der Waals surface area contributed by atoms with Crippen LogP contribution in [0.15, 0.2) is 71.9 Å². The maximum atomic E-state index is 12.6. The van der Waals surface area contributed by atoms with Crippen LogP contribution in [0.1, 0.15) is 16.8 Å². The first kappa shape index (κ1) is 15.1. The molecule has 0 unspecified atom stereocenters. The maximum absolute atomic E-state index is 12.6. The number of aryl methyl sites for hydroxylation is 1. The fraction of sp³-hybridized carbons (Fsp3) is 0.0500. The molecule has 0 N–H and O–H groups in total. The molecule has 0 aliphatic carbocycles. The third-order valence-electron chi connectivity index (χ3n) is 3.92. The van der Waals surface area contributed by atoms with E-state index in [1.54, 1.807) is 16.9 Å². The van der Waals surface area contributed by atoms with Crippen molar-refractivity contribution in [1.29, 1.82) is 0 Å². The normalized spacial score (nSPS) is 11.4. The van der Waals surface area contributed by atoms with Crippen LogP contribution in [0.5, 0.6) is 0 Å².